The molecule has 0 atom stereocenters. The second-order valence-corrected chi connectivity index (χ2v) is 6.78. The molecule has 0 aliphatic carbocycles. The van der Waals surface area contributed by atoms with Gasteiger partial charge in [0.25, 0.3) is 10.0 Å². The zero-order chi connectivity index (χ0) is 14.0. The van der Waals surface area contributed by atoms with Crippen molar-refractivity contribution in [3.63, 3.8) is 0 Å². The van der Waals surface area contributed by atoms with Gasteiger partial charge < -0.3 is 0 Å². The summed E-state index contributed by atoms with van der Waals surface area (Å²) in [6.07, 6.45) is -5.61. The monoisotopic (exact) mass is 298 g/mol. The number of thiophene rings is 1. The summed E-state index contributed by atoms with van der Waals surface area (Å²) < 4.78 is 60.2. The fraction of sp³-hybridized carbons (Fsp3) is 0.444. The van der Waals surface area contributed by atoms with Gasteiger partial charge in [-0.05, 0) is 12.1 Å². The Morgan fingerprint density at radius 2 is 2.06 bits per heavy atom. The molecule has 0 amide bonds. The van der Waals surface area contributed by atoms with Crippen LogP contribution in [0.2, 0.25) is 0 Å². The Kier molecular flexibility index (Phi) is 4.37. The minimum Gasteiger partial charge on any atom is -0.206 e. The zero-order valence-electron chi connectivity index (χ0n) is 9.23. The van der Waals surface area contributed by atoms with E-state index in [1.807, 2.05) is 0 Å². The molecule has 0 fully saturated rings. The number of sulfonamides is 1. The van der Waals surface area contributed by atoms with Gasteiger partial charge in [-0.1, -0.05) is 0 Å². The minimum absolute atomic E-state index is 0.135. The minimum atomic E-state index is -4.41. The van der Waals surface area contributed by atoms with Gasteiger partial charge in [0, 0.05) is 13.6 Å². The Morgan fingerprint density at radius 1 is 1.44 bits per heavy atom. The lowest BCUT2D eigenvalue weighted by atomic mass is 10.4. The van der Waals surface area contributed by atoms with E-state index in [-0.39, 0.29) is 9.09 Å². The maximum absolute atomic E-state index is 12.0. The first-order chi connectivity index (χ1) is 8.16. The van der Waals surface area contributed by atoms with E-state index in [1.165, 1.54) is 12.1 Å². The number of nitrogens with zero attached hydrogens (tertiary/aromatic N) is 2. The van der Waals surface area contributed by atoms with Gasteiger partial charge in [-0.2, -0.15) is 22.7 Å². The SMILES string of the molecule is CN(CCC(F)(F)F)S(=O)(=O)c1ccc(C#N)s1. The van der Waals surface area contributed by atoms with Gasteiger partial charge in [-0.15, -0.1) is 11.3 Å². The van der Waals surface area contributed by atoms with Gasteiger partial charge in [-0.3, -0.25) is 0 Å². The first-order valence-electron chi connectivity index (χ1n) is 4.70. The van der Waals surface area contributed by atoms with Crippen LogP contribution in [-0.4, -0.2) is 32.5 Å². The van der Waals surface area contributed by atoms with Crippen molar-refractivity contribution in [2.24, 2.45) is 0 Å². The molecule has 0 N–H and O–H groups in total. The summed E-state index contributed by atoms with van der Waals surface area (Å²) >= 11 is 0.730. The van der Waals surface area contributed by atoms with Gasteiger partial charge in [0.1, 0.15) is 15.2 Å². The maximum Gasteiger partial charge on any atom is 0.390 e. The maximum atomic E-state index is 12.0. The highest BCUT2D eigenvalue weighted by Gasteiger charge is 2.30. The van der Waals surface area contributed by atoms with E-state index in [0.717, 1.165) is 18.4 Å². The molecule has 1 heterocycles. The van der Waals surface area contributed by atoms with E-state index >= 15 is 0 Å². The molecule has 4 nitrogen and oxygen atoms in total. The Hall–Kier alpha value is -1.11. The number of hydrogen-bond donors (Lipinski definition) is 0. The predicted octanol–water partition coefficient (Wildman–Crippen LogP) is 2.19. The Bertz CT molecular complexity index is 557. The third kappa shape index (κ3) is 3.69. The van der Waals surface area contributed by atoms with Crippen molar-refractivity contribution in [3.8, 4) is 6.07 Å². The smallest absolute Gasteiger partial charge is 0.206 e. The van der Waals surface area contributed by atoms with E-state index in [2.05, 4.69) is 0 Å². The highest BCUT2D eigenvalue weighted by molar-refractivity contribution is 7.91. The van der Waals surface area contributed by atoms with E-state index < -0.39 is 29.2 Å². The second-order valence-electron chi connectivity index (χ2n) is 3.42. The predicted molar refractivity (Wildman–Crippen MR) is 59.5 cm³/mol. The Morgan fingerprint density at radius 3 is 2.50 bits per heavy atom. The third-order valence-corrected chi connectivity index (χ3v) is 5.38. The van der Waals surface area contributed by atoms with Crippen molar-refractivity contribution >= 4 is 21.4 Å². The largest absolute Gasteiger partial charge is 0.390 e. The van der Waals surface area contributed by atoms with Crippen LogP contribution in [0.25, 0.3) is 0 Å². The van der Waals surface area contributed by atoms with Gasteiger partial charge >= 0.3 is 6.18 Å². The molecule has 1 rings (SSSR count). The van der Waals surface area contributed by atoms with Crippen LogP contribution in [-0.2, 0) is 10.0 Å². The number of rotatable bonds is 4. The van der Waals surface area contributed by atoms with Gasteiger partial charge in [0.2, 0.25) is 0 Å². The number of hydrogen-bond acceptors (Lipinski definition) is 4. The summed E-state index contributed by atoms with van der Waals surface area (Å²) in [4.78, 5) is 0.192. The lowest BCUT2D eigenvalue weighted by molar-refractivity contribution is -0.135. The fourth-order valence-corrected chi connectivity index (χ4v) is 3.56. The van der Waals surface area contributed by atoms with Crippen molar-refractivity contribution < 1.29 is 21.6 Å². The molecular weight excluding hydrogens is 289 g/mol. The van der Waals surface area contributed by atoms with E-state index in [0.29, 0.717) is 4.31 Å². The molecule has 9 heteroatoms. The summed E-state index contributed by atoms with van der Waals surface area (Å²) in [5.41, 5.74) is 0. The Balaban J connectivity index is 2.84. The molecule has 18 heavy (non-hydrogen) atoms. The molecular formula is C9H9F3N2O2S2. The quantitative estimate of drug-likeness (QED) is 0.856. The van der Waals surface area contributed by atoms with Crippen molar-refractivity contribution in [2.45, 2.75) is 16.8 Å². The number of alkyl halides is 3. The average molecular weight is 298 g/mol. The van der Waals surface area contributed by atoms with Crippen LogP contribution in [0.15, 0.2) is 16.3 Å². The molecule has 0 saturated carbocycles. The molecule has 0 aliphatic heterocycles. The van der Waals surface area contributed by atoms with Crippen molar-refractivity contribution in [1.82, 2.24) is 4.31 Å². The molecule has 0 radical (unpaired) electrons. The van der Waals surface area contributed by atoms with E-state index in [9.17, 15) is 21.6 Å². The fourth-order valence-electron chi connectivity index (χ4n) is 1.08. The molecule has 0 saturated heterocycles. The molecule has 0 aromatic carbocycles. The van der Waals surface area contributed by atoms with Crippen LogP contribution in [0.5, 0.6) is 0 Å². The van der Waals surface area contributed by atoms with Crippen LogP contribution in [0.4, 0.5) is 13.2 Å². The molecule has 0 bridgehead atoms. The lowest BCUT2D eigenvalue weighted by Gasteiger charge is -2.16. The molecule has 1 aromatic heterocycles. The summed E-state index contributed by atoms with van der Waals surface area (Å²) in [6, 6.07) is 4.30. The van der Waals surface area contributed by atoms with Crippen LogP contribution >= 0.6 is 11.3 Å². The van der Waals surface area contributed by atoms with Crippen molar-refractivity contribution in [1.29, 1.82) is 5.26 Å². The normalized spacial score (nSPS) is 12.7. The highest BCUT2D eigenvalue weighted by atomic mass is 32.2. The molecule has 1 aromatic rings. The van der Waals surface area contributed by atoms with Gasteiger partial charge in [0.15, 0.2) is 0 Å². The summed E-state index contributed by atoms with van der Waals surface area (Å²) in [5.74, 6) is 0. The van der Waals surface area contributed by atoms with E-state index in [1.54, 1.807) is 6.07 Å². The summed E-state index contributed by atoms with van der Waals surface area (Å²) in [5, 5.41) is 8.57. The van der Waals surface area contributed by atoms with Crippen LogP contribution in [0.1, 0.15) is 11.3 Å². The highest BCUT2D eigenvalue weighted by Crippen LogP contribution is 2.25. The topological polar surface area (TPSA) is 61.2 Å². The first-order valence-corrected chi connectivity index (χ1v) is 6.95. The average Bonchev–Trinajstić information content (AvgIpc) is 2.73. The summed E-state index contributed by atoms with van der Waals surface area (Å²) in [6.45, 7) is -0.647. The molecule has 100 valence electrons. The lowest BCUT2D eigenvalue weighted by Crippen LogP contribution is -2.30. The summed E-state index contributed by atoms with van der Waals surface area (Å²) in [7, 11) is -2.87. The van der Waals surface area contributed by atoms with Gasteiger partial charge in [-0.25, -0.2) is 8.42 Å². The second kappa shape index (κ2) is 5.26. The van der Waals surface area contributed by atoms with Gasteiger partial charge in [0.05, 0.1) is 6.42 Å². The number of nitriles is 1. The molecule has 0 aliphatic rings. The first kappa shape index (κ1) is 14.9. The van der Waals surface area contributed by atoms with Crippen LogP contribution < -0.4 is 0 Å². The molecule has 0 spiro atoms. The van der Waals surface area contributed by atoms with Crippen molar-refractivity contribution in [3.05, 3.63) is 17.0 Å². The van der Waals surface area contributed by atoms with Crippen molar-refractivity contribution in [2.75, 3.05) is 13.6 Å². The van der Waals surface area contributed by atoms with Crippen LogP contribution in [0.3, 0.4) is 0 Å². The third-order valence-electron chi connectivity index (χ3n) is 2.07. The standard InChI is InChI=1S/C9H9F3N2O2S2/c1-14(5-4-9(10,11)12)18(15,16)8-3-2-7(6-13)17-8/h2-3H,4-5H2,1H3. The van der Waals surface area contributed by atoms with E-state index in [4.69, 9.17) is 5.26 Å². The molecule has 0 unspecified atom stereocenters. The number of halogens is 3. The van der Waals surface area contributed by atoms with Crippen LogP contribution in [0, 0.1) is 11.3 Å². The zero-order valence-corrected chi connectivity index (χ0v) is 10.9. The Labute approximate surface area is 106 Å².